The molecule has 0 bridgehead atoms. The van der Waals surface area contributed by atoms with Crippen LogP contribution < -0.4 is 10.6 Å². The summed E-state index contributed by atoms with van der Waals surface area (Å²) in [6.45, 7) is 1.12. The molecular weight excluding hydrogens is 349 g/mol. The molecule has 1 atom stereocenters. The minimum Gasteiger partial charge on any atom is -0.375 e. The highest BCUT2D eigenvalue weighted by Crippen LogP contribution is 2.38. The molecule has 134 valence electrons. The third kappa shape index (κ3) is 4.01. The van der Waals surface area contributed by atoms with Crippen molar-refractivity contribution in [1.29, 1.82) is 0 Å². The van der Waals surface area contributed by atoms with Crippen LogP contribution in [0.3, 0.4) is 0 Å². The van der Waals surface area contributed by atoms with E-state index >= 15 is 0 Å². The molecule has 1 aliphatic carbocycles. The molecule has 2 fully saturated rings. The molecule has 1 saturated heterocycles. The number of rotatable bonds is 3. The standard InChI is InChI=1S/C17H25Cl2N3O2/c1-22-13(9-14(18)15(22)19)11-20-16(23)21-12-5-8-24-17(10-12)6-3-2-4-7-17/h9,12H,2-8,10-11H2,1H3,(H2,20,21,23)/t12-/m0/s1. The predicted molar refractivity (Wildman–Crippen MR) is 95.6 cm³/mol. The number of hydrogen-bond donors (Lipinski definition) is 2. The van der Waals surface area contributed by atoms with E-state index in [4.69, 9.17) is 27.9 Å². The van der Waals surface area contributed by atoms with Gasteiger partial charge in [-0.2, -0.15) is 0 Å². The number of amides is 2. The van der Waals surface area contributed by atoms with Gasteiger partial charge in [0.1, 0.15) is 5.15 Å². The maximum Gasteiger partial charge on any atom is 0.315 e. The van der Waals surface area contributed by atoms with E-state index in [1.807, 2.05) is 7.05 Å². The first kappa shape index (κ1) is 17.9. The van der Waals surface area contributed by atoms with Gasteiger partial charge in [-0.05, 0) is 31.7 Å². The van der Waals surface area contributed by atoms with Crippen LogP contribution >= 0.6 is 23.2 Å². The lowest BCUT2D eigenvalue weighted by atomic mass is 9.78. The molecule has 2 N–H and O–H groups in total. The van der Waals surface area contributed by atoms with E-state index in [0.29, 0.717) is 16.7 Å². The van der Waals surface area contributed by atoms with Gasteiger partial charge in [-0.25, -0.2) is 4.79 Å². The van der Waals surface area contributed by atoms with E-state index < -0.39 is 0 Å². The summed E-state index contributed by atoms with van der Waals surface area (Å²) < 4.78 is 7.85. The summed E-state index contributed by atoms with van der Waals surface area (Å²) in [4.78, 5) is 12.2. The van der Waals surface area contributed by atoms with Gasteiger partial charge in [0.25, 0.3) is 0 Å². The maximum atomic E-state index is 12.2. The normalized spacial score (nSPS) is 23.2. The van der Waals surface area contributed by atoms with Crippen LogP contribution in [0.1, 0.15) is 50.6 Å². The number of aromatic nitrogens is 1. The molecule has 7 heteroatoms. The van der Waals surface area contributed by atoms with Gasteiger partial charge in [0.15, 0.2) is 0 Å². The average Bonchev–Trinajstić information content (AvgIpc) is 2.81. The van der Waals surface area contributed by atoms with E-state index in [1.54, 1.807) is 10.6 Å². The van der Waals surface area contributed by atoms with Crippen LogP contribution in [0.2, 0.25) is 10.2 Å². The smallest absolute Gasteiger partial charge is 0.315 e. The topological polar surface area (TPSA) is 55.3 Å². The Balaban J connectivity index is 1.50. The quantitative estimate of drug-likeness (QED) is 0.840. The Morgan fingerprint density at radius 3 is 2.79 bits per heavy atom. The molecule has 0 aromatic carbocycles. The Kier molecular flexibility index (Phi) is 5.63. The SMILES string of the molecule is Cn1c(CNC(=O)N[C@H]2CCOC3(CCCCC3)C2)cc(Cl)c1Cl. The van der Waals surface area contributed by atoms with Crippen LogP contribution in [0.25, 0.3) is 0 Å². The van der Waals surface area contributed by atoms with Crippen molar-refractivity contribution in [3.63, 3.8) is 0 Å². The van der Waals surface area contributed by atoms with Crippen molar-refractivity contribution in [3.05, 3.63) is 21.9 Å². The van der Waals surface area contributed by atoms with E-state index in [1.165, 1.54) is 19.3 Å². The number of halogens is 2. The van der Waals surface area contributed by atoms with Crippen LogP contribution in [-0.2, 0) is 18.3 Å². The molecule has 1 aromatic rings. The Labute approximate surface area is 153 Å². The van der Waals surface area contributed by atoms with Gasteiger partial charge in [0.05, 0.1) is 17.2 Å². The van der Waals surface area contributed by atoms with Crippen molar-refractivity contribution >= 4 is 29.2 Å². The summed E-state index contributed by atoms with van der Waals surface area (Å²) in [5, 5.41) is 6.97. The zero-order chi connectivity index (χ0) is 17.2. The first-order valence-corrected chi connectivity index (χ1v) is 9.43. The minimum atomic E-state index is -0.152. The Morgan fingerprint density at radius 1 is 1.38 bits per heavy atom. The summed E-state index contributed by atoms with van der Waals surface area (Å²) in [6.07, 6.45) is 7.78. The van der Waals surface area contributed by atoms with E-state index in [2.05, 4.69) is 10.6 Å². The van der Waals surface area contributed by atoms with E-state index in [-0.39, 0.29) is 17.7 Å². The lowest BCUT2D eigenvalue weighted by Crippen LogP contribution is -2.51. The van der Waals surface area contributed by atoms with Gasteiger partial charge >= 0.3 is 6.03 Å². The number of ether oxygens (including phenoxy) is 1. The Bertz CT molecular complexity index is 591. The second-order valence-corrected chi connectivity index (χ2v) is 7.71. The molecule has 0 radical (unpaired) electrons. The molecule has 0 unspecified atom stereocenters. The van der Waals surface area contributed by atoms with Crippen molar-refractivity contribution < 1.29 is 9.53 Å². The second-order valence-electron chi connectivity index (χ2n) is 6.94. The molecule has 1 aliphatic heterocycles. The van der Waals surface area contributed by atoms with Crippen molar-refractivity contribution in [1.82, 2.24) is 15.2 Å². The molecule has 1 saturated carbocycles. The number of nitrogens with zero attached hydrogens (tertiary/aromatic N) is 1. The molecule has 3 rings (SSSR count). The van der Waals surface area contributed by atoms with E-state index in [0.717, 1.165) is 38.0 Å². The van der Waals surface area contributed by atoms with Crippen LogP contribution in [0.4, 0.5) is 4.79 Å². The lowest BCUT2D eigenvalue weighted by molar-refractivity contribution is -0.107. The highest BCUT2D eigenvalue weighted by molar-refractivity contribution is 6.41. The number of hydrogen-bond acceptors (Lipinski definition) is 2. The monoisotopic (exact) mass is 373 g/mol. The van der Waals surface area contributed by atoms with Gasteiger partial charge in [-0.3, -0.25) is 0 Å². The third-order valence-electron chi connectivity index (χ3n) is 5.24. The first-order valence-electron chi connectivity index (χ1n) is 8.67. The zero-order valence-electron chi connectivity index (χ0n) is 14.0. The molecule has 2 amide bonds. The predicted octanol–water partition coefficient (Wildman–Crippen LogP) is 4.01. The highest BCUT2D eigenvalue weighted by atomic mass is 35.5. The van der Waals surface area contributed by atoms with Crippen LogP contribution in [0, 0.1) is 0 Å². The van der Waals surface area contributed by atoms with E-state index in [9.17, 15) is 4.79 Å². The molecule has 5 nitrogen and oxygen atoms in total. The van der Waals surface area contributed by atoms with Gasteiger partial charge in [0, 0.05) is 25.4 Å². The van der Waals surface area contributed by atoms with Crippen molar-refractivity contribution in [2.45, 2.75) is 63.1 Å². The summed E-state index contributed by atoms with van der Waals surface area (Å²) in [5.41, 5.74) is 0.865. The molecule has 1 spiro atoms. The van der Waals surface area contributed by atoms with Crippen LogP contribution in [-0.4, -0.2) is 28.8 Å². The molecule has 2 aliphatic rings. The van der Waals surface area contributed by atoms with Gasteiger partial charge in [-0.15, -0.1) is 0 Å². The summed E-state index contributed by atoms with van der Waals surface area (Å²) in [7, 11) is 1.83. The summed E-state index contributed by atoms with van der Waals surface area (Å²) >= 11 is 12.0. The van der Waals surface area contributed by atoms with Crippen molar-refractivity contribution in [2.24, 2.45) is 7.05 Å². The molecular formula is C17H25Cl2N3O2. The first-order chi connectivity index (χ1) is 11.5. The molecule has 24 heavy (non-hydrogen) atoms. The largest absolute Gasteiger partial charge is 0.375 e. The minimum absolute atomic E-state index is 0.00633. The van der Waals surface area contributed by atoms with Crippen LogP contribution in [0.5, 0.6) is 0 Å². The molecule has 1 aromatic heterocycles. The van der Waals surface area contributed by atoms with Crippen LogP contribution in [0.15, 0.2) is 6.07 Å². The van der Waals surface area contributed by atoms with Gasteiger partial charge < -0.3 is 19.9 Å². The molecule has 2 heterocycles. The van der Waals surface area contributed by atoms with Crippen molar-refractivity contribution in [3.8, 4) is 0 Å². The number of urea groups is 1. The Hall–Kier alpha value is -0.910. The average molecular weight is 374 g/mol. The summed E-state index contributed by atoms with van der Waals surface area (Å²) in [6, 6.07) is 1.80. The fraction of sp³-hybridized carbons (Fsp3) is 0.706. The maximum absolute atomic E-state index is 12.2. The van der Waals surface area contributed by atoms with Crippen molar-refractivity contribution in [2.75, 3.05) is 6.61 Å². The second kappa shape index (κ2) is 7.54. The third-order valence-corrected chi connectivity index (χ3v) is 6.08. The number of nitrogens with one attached hydrogen (secondary N) is 2. The number of carbonyl (C=O) groups excluding carboxylic acids is 1. The fourth-order valence-corrected chi connectivity index (χ4v) is 4.28. The fourth-order valence-electron chi connectivity index (χ4n) is 3.86. The lowest BCUT2D eigenvalue weighted by Gasteiger charge is -2.43. The number of carbonyl (C=O) groups is 1. The highest BCUT2D eigenvalue weighted by Gasteiger charge is 2.38. The Morgan fingerprint density at radius 2 is 2.12 bits per heavy atom. The zero-order valence-corrected chi connectivity index (χ0v) is 15.6. The van der Waals surface area contributed by atoms with Gasteiger partial charge in [0.2, 0.25) is 0 Å². The van der Waals surface area contributed by atoms with Gasteiger partial charge in [-0.1, -0.05) is 42.5 Å². The summed E-state index contributed by atoms with van der Waals surface area (Å²) in [5.74, 6) is 0.